The Kier molecular flexibility index (Phi) is 11.8. The summed E-state index contributed by atoms with van der Waals surface area (Å²) in [7, 11) is 0. The van der Waals surface area contributed by atoms with Gasteiger partial charge in [0.05, 0.1) is 18.8 Å². The monoisotopic (exact) mass is 611 g/mol. The highest BCUT2D eigenvalue weighted by Gasteiger charge is 2.32. The van der Waals surface area contributed by atoms with Crippen molar-refractivity contribution in [1.29, 1.82) is 0 Å². The molecule has 3 aromatic rings. The van der Waals surface area contributed by atoms with Crippen LogP contribution in [0.3, 0.4) is 0 Å². The number of nitrogens with one attached hydrogen (secondary N) is 5. The molecule has 0 radical (unpaired) electrons. The number of H-pyrrole nitrogens is 2. The molecule has 0 aliphatic carbocycles. The number of amides is 4. The number of hydrogen-bond acceptors (Lipinski definition) is 8. The molecule has 4 unspecified atom stereocenters. The van der Waals surface area contributed by atoms with Gasteiger partial charge in [-0.25, -0.2) is 9.78 Å². The van der Waals surface area contributed by atoms with E-state index in [1.807, 2.05) is 18.2 Å². The molecule has 14 N–H and O–H groups in total. The average Bonchev–Trinajstić information content (AvgIpc) is 3.63. The van der Waals surface area contributed by atoms with Crippen LogP contribution in [0.15, 0.2) is 48.0 Å². The third-order valence-corrected chi connectivity index (χ3v) is 6.67. The molecule has 2 heterocycles. The minimum Gasteiger partial charge on any atom is -0.480 e. The molecule has 2 aromatic heterocycles. The van der Waals surface area contributed by atoms with Crippen LogP contribution in [0.25, 0.3) is 10.9 Å². The predicted octanol–water partition coefficient (Wildman–Crippen LogP) is -2.53. The van der Waals surface area contributed by atoms with E-state index in [2.05, 4.69) is 35.9 Å². The van der Waals surface area contributed by atoms with Gasteiger partial charge in [0.25, 0.3) is 0 Å². The maximum Gasteiger partial charge on any atom is 0.326 e. The number of para-hydroxylation sites is 1. The lowest BCUT2D eigenvalue weighted by Gasteiger charge is -2.25. The second-order valence-electron chi connectivity index (χ2n) is 10.1. The van der Waals surface area contributed by atoms with Gasteiger partial charge in [0.1, 0.15) is 18.1 Å². The van der Waals surface area contributed by atoms with Crippen LogP contribution in [0, 0.1) is 0 Å². The Hall–Kier alpha value is -5.45. The minimum atomic E-state index is -1.63. The van der Waals surface area contributed by atoms with Gasteiger partial charge in [-0.1, -0.05) is 18.2 Å². The molecule has 44 heavy (non-hydrogen) atoms. The van der Waals surface area contributed by atoms with E-state index in [4.69, 9.17) is 22.9 Å². The van der Waals surface area contributed by atoms with E-state index in [0.29, 0.717) is 17.7 Å². The first-order valence-electron chi connectivity index (χ1n) is 13.7. The van der Waals surface area contributed by atoms with Crippen LogP contribution in [-0.4, -0.2) is 86.3 Å². The van der Waals surface area contributed by atoms with E-state index in [1.54, 1.807) is 12.3 Å². The van der Waals surface area contributed by atoms with Crippen molar-refractivity contribution in [3.8, 4) is 0 Å². The fourth-order valence-electron chi connectivity index (χ4n) is 4.43. The SMILES string of the molecule is NC(=O)CC(NC(=O)C(Cc1c[nH]c2ccccc12)NC(=O)C(Cc1cnc[nH]1)NC(=O)C(N)CCCN=C(N)N)C(=O)O. The molecule has 17 heteroatoms. The molecule has 0 aliphatic heterocycles. The first-order chi connectivity index (χ1) is 20.9. The lowest BCUT2D eigenvalue weighted by atomic mass is 10.0. The number of hydrogen-bond donors (Lipinski definition) is 10. The average molecular weight is 612 g/mol. The largest absolute Gasteiger partial charge is 0.480 e. The second-order valence-corrected chi connectivity index (χ2v) is 10.1. The fraction of sp³-hybridized carbons (Fsp3) is 0.370. The topological polar surface area (TPSA) is 303 Å². The van der Waals surface area contributed by atoms with Crippen LogP contribution in [-0.2, 0) is 36.8 Å². The highest BCUT2D eigenvalue weighted by molar-refractivity contribution is 5.95. The van der Waals surface area contributed by atoms with Crippen LogP contribution < -0.4 is 38.9 Å². The summed E-state index contributed by atoms with van der Waals surface area (Å²) in [5.41, 5.74) is 23.8. The molecule has 0 saturated heterocycles. The number of carboxylic acids is 1. The lowest BCUT2D eigenvalue weighted by Crippen LogP contribution is -2.58. The smallest absolute Gasteiger partial charge is 0.326 e. The van der Waals surface area contributed by atoms with Crippen LogP contribution in [0.1, 0.15) is 30.5 Å². The number of carboxylic acid groups (broad SMARTS) is 1. The summed E-state index contributed by atoms with van der Waals surface area (Å²) in [5, 5.41) is 17.8. The number of aromatic nitrogens is 3. The van der Waals surface area contributed by atoms with E-state index in [1.165, 1.54) is 12.5 Å². The summed E-state index contributed by atoms with van der Waals surface area (Å²) in [6, 6.07) is 2.15. The lowest BCUT2D eigenvalue weighted by molar-refractivity contribution is -0.143. The fourth-order valence-corrected chi connectivity index (χ4v) is 4.43. The number of fused-ring (bicyclic) bond motifs is 1. The summed E-state index contributed by atoms with van der Waals surface area (Å²) < 4.78 is 0. The molecule has 236 valence electrons. The number of aliphatic carboxylic acids is 1. The molecule has 1 aromatic carbocycles. The molecule has 4 atom stereocenters. The molecule has 0 aliphatic rings. The number of benzene rings is 1. The Morgan fingerprint density at radius 3 is 2.20 bits per heavy atom. The summed E-state index contributed by atoms with van der Waals surface area (Å²) >= 11 is 0. The van der Waals surface area contributed by atoms with Crippen LogP contribution >= 0.6 is 0 Å². The summed E-state index contributed by atoms with van der Waals surface area (Å²) in [6.07, 6.45) is 4.43. The number of carbonyl (C=O) groups excluding carboxylic acids is 4. The van der Waals surface area contributed by atoms with E-state index in [9.17, 15) is 29.1 Å². The van der Waals surface area contributed by atoms with Gasteiger partial charge in [0.15, 0.2) is 5.96 Å². The van der Waals surface area contributed by atoms with Crippen molar-refractivity contribution in [2.45, 2.75) is 56.3 Å². The second kappa shape index (κ2) is 15.7. The van der Waals surface area contributed by atoms with Gasteiger partial charge in [-0.2, -0.15) is 0 Å². The number of primary amides is 1. The number of guanidine groups is 1. The molecule has 0 fully saturated rings. The molecule has 17 nitrogen and oxygen atoms in total. The maximum absolute atomic E-state index is 13.6. The number of nitrogens with two attached hydrogens (primary N) is 4. The third kappa shape index (κ3) is 9.83. The first kappa shape index (κ1) is 33.1. The van der Waals surface area contributed by atoms with Crippen molar-refractivity contribution in [2.75, 3.05) is 6.54 Å². The van der Waals surface area contributed by atoms with E-state index in [0.717, 1.165) is 10.9 Å². The Morgan fingerprint density at radius 2 is 1.57 bits per heavy atom. The van der Waals surface area contributed by atoms with Crippen molar-refractivity contribution >= 4 is 46.5 Å². The van der Waals surface area contributed by atoms with E-state index in [-0.39, 0.29) is 31.8 Å². The van der Waals surface area contributed by atoms with Gasteiger partial charge in [-0.3, -0.25) is 24.2 Å². The molecule has 0 saturated carbocycles. The zero-order chi connectivity index (χ0) is 32.2. The van der Waals surface area contributed by atoms with E-state index >= 15 is 0 Å². The molecular formula is C27H37N11O6. The molecular weight excluding hydrogens is 574 g/mol. The van der Waals surface area contributed by atoms with Crippen molar-refractivity contribution in [1.82, 2.24) is 30.9 Å². The number of rotatable bonds is 17. The Morgan fingerprint density at radius 1 is 0.909 bits per heavy atom. The van der Waals surface area contributed by atoms with Crippen molar-refractivity contribution in [3.63, 3.8) is 0 Å². The Labute approximate surface area is 251 Å². The van der Waals surface area contributed by atoms with Gasteiger partial charge in [0, 0.05) is 48.4 Å². The summed E-state index contributed by atoms with van der Waals surface area (Å²) in [6.45, 7) is 0.263. The molecule has 0 bridgehead atoms. The van der Waals surface area contributed by atoms with Crippen LogP contribution in [0.2, 0.25) is 0 Å². The first-order valence-corrected chi connectivity index (χ1v) is 13.7. The normalized spacial score (nSPS) is 13.7. The Balaban J connectivity index is 1.83. The highest BCUT2D eigenvalue weighted by Crippen LogP contribution is 2.19. The number of aromatic amines is 2. The Bertz CT molecular complexity index is 1480. The zero-order valence-electron chi connectivity index (χ0n) is 23.8. The quantitative estimate of drug-likeness (QED) is 0.0433. The summed E-state index contributed by atoms with van der Waals surface area (Å²) in [4.78, 5) is 76.8. The number of carbonyl (C=O) groups is 5. The van der Waals surface area contributed by atoms with Gasteiger partial charge in [-0.15, -0.1) is 0 Å². The number of imidazole rings is 1. The standard InChI is InChI=1S/C27H37N11O6/c28-17(5-3-7-33-27(30)31)23(40)36-20(9-15-12-32-13-35-15)25(42)37-19(24(41)38-21(26(43)44)10-22(29)39)8-14-11-34-18-6-2-1-4-16(14)18/h1-2,4,6,11-13,17,19-21,34H,3,5,7-10,28H2,(H2,29,39)(H,32,35)(H,36,40)(H,37,42)(H,38,41)(H,43,44)(H4,30,31,33). The van der Waals surface area contributed by atoms with Gasteiger partial charge in [0.2, 0.25) is 23.6 Å². The predicted molar refractivity (Wildman–Crippen MR) is 159 cm³/mol. The third-order valence-electron chi connectivity index (χ3n) is 6.67. The number of aliphatic imine (C=N–C) groups is 1. The zero-order valence-corrected chi connectivity index (χ0v) is 23.8. The molecule has 3 rings (SSSR count). The minimum absolute atomic E-state index is 0.0286. The van der Waals surface area contributed by atoms with E-state index < -0.39 is 60.2 Å². The van der Waals surface area contributed by atoms with Crippen molar-refractivity contribution < 1.29 is 29.1 Å². The van der Waals surface area contributed by atoms with Gasteiger partial charge < -0.3 is 54.0 Å². The van der Waals surface area contributed by atoms with Crippen molar-refractivity contribution in [2.24, 2.45) is 27.9 Å². The highest BCUT2D eigenvalue weighted by atomic mass is 16.4. The summed E-state index contributed by atoms with van der Waals surface area (Å²) in [5.74, 6) is -4.75. The van der Waals surface area contributed by atoms with Crippen LogP contribution in [0.4, 0.5) is 0 Å². The molecule has 4 amide bonds. The van der Waals surface area contributed by atoms with Crippen molar-refractivity contribution in [3.05, 3.63) is 54.2 Å². The maximum atomic E-state index is 13.6. The van der Waals surface area contributed by atoms with Crippen LogP contribution in [0.5, 0.6) is 0 Å². The molecule has 0 spiro atoms. The number of nitrogens with zero attached hydrogens (tertiary/aromatic N) is 2. The van der Waals surface area contributed by atoms with Gasteiger partial charge >= 0.3 is 5.97 Å². The van der Waals surface area contributed by atoms with Gasteiger partial charge in [-0.05, 0) is 24.5 Å².